The van der Waals surface area contributed by atoms with E-state index in [2.05, 4.69) is 58.0 Å². The highest BCUT2D eigenvalue weighted by Crippen LogP contribution is 2.28. The van der Waals surface area contributed by atoms with Crippen molar-refractivity contribution in [2.24, 2.45) is 0 Å². The number of hydrogen-bond acceptors (Lipinski definition) is 2. The number of benzene rings is 1. The number of aromatic nitrogens is 2. The average molecular weight is 401 g/mol. The van der Waals surface area contributed by atoms with E-state index in [0.29, 0.717) is 5.02 Å². The molecule has 0 aliphatic heterocycles. The Morgan fingerprint density at radius 1 is 1.26 bits per heavy atom. The van der Waals surface area contributed by atoms with Gasteiger partial charge in [0, 0.05) is 16.8 Å². The van der Waals surface area contributed by atoms with Crippen LogP contribution in [0.4, 0.5) is 0 Å². The first-order chi connectivity index (χ1) is 9.24. The van der Waals surface area contributed by atoms with Crippen LogP contribution in [0, 0.1) is 3.70 Å². The fourth-order valence-electron chi connectivity index (χ4n) is 1.81. The summed E-state index contributed by atoms with van der Waals surface area (Å²) >= 11 is 10.3. The molecular formula is C14H10ClIN2S. The number of fused-ring (bicyclic) bond motifs is 1. The molecule has 3 rings (SSSR count). The third kappa shape index (κ3) is 2.90. The lowest BCUT2D eigenvalue weighted by molar-refractivity contribution is 1.10. The summed E-state index contributed by atoms with van der Waals surface area (Å²) < 4.78 is 3.09. The summed E-state index contributed by atoms with van der Waals surface area (Å²) in [7, 11) is 0. The summed E-state index contributed by atoms with van der Waals surface area (Å²) in [4.78, 5) is 5.44. The molecule has 0 fully saturated rings. The van der Waals surface area contributed by atoms with E-state index in [1.54, 1.807) is 11.8 Å². The van der Waals surface area contributed by atoms with Crippen LogP contribution >= 0.6 is 46.0 Å². The number of thioether (sulfide) groups is 1. The molecule has 0 spiro atoms. The normalized spacial score (nSPS) is 11.1. The molecule has 2 nitrogen and oxygen atoms in total. The maximum Gasteiger partial charge on any atom is 0.156 e. The van der Waals surface area contributed by atoms with Crippen molar-refractivity contribution < 1.29 is 0 Å². The molecule has 0 N–H and O–H groups in total. The zero-order valence-corrected chi connectivity index (χ0v) is 13.6. The first kappa shape index (κ1) is 13.3. The van der Waals surface area contributed by atoms with Crippen LogP contribution in [0.5, 0.6) is 0 Å². The molecule has 0 saturated heterocycles. The van der Waals surface area contributed by atoms with Crippen molar-refractivity contribution in [1.82, 2.24) is 9.38 Å². The Bertz CT molecular complexity index is 712. The largest absolute Gasteiger partial charge is 0.293 e. The van der Waals surface area contributed by atoms with Crippen LogP contribution in [0.15, 0.2) is 53.7 Å². The van der Waals surface area contributed by atoms with E-state index < -0.39 is 0 Å². The summed E-state index contributed by atoms with van der Waals surface area (Å²) in [6.45, 7) is 0. The van der Waals surface area contributed by atoms with Crippen LogP contribution in [-0.4, -0.2) is 9.38 Å². The van der Waals surface area contributed by atoms with Crippen LogP contribution in [-0.2, 0) is 5.75 Å². The lowest BCUT2D eigenvalue weighted by atomic mass is 10.2. The lowest BCUT2D eigenvalue weighted by Crippen LogP contribution is -1.89. The van der Waals surface area contributed by atoms with Gasteiger partial charge in [0.2, 0.25) is 0 Å². The first-order valence-electron chi connectivity index (χ1n) is 5.73. The van der Waals surface area contributed by atoms with E-state index in [1.807, 2.05) is 22.7 Å². The van der Waals surface area contributed by atoms with Gasteiger partial charge in [-0.25, -0.2) is 4.98 Å². The minimum Gasteiger partial charge on any atom is -0.293 e. The van der Waals surface area contributed by atoms with Crippen LogP contribution in [0.3, 0.4) is 0 Å². The van der Waals surface area contributed by atoms with Gasteiger partial charge in [0.1, 0.15) is 3.70 Å². The second-order valence-electron chi connectivity index (χ2n) is 4.07. The maximum absolute atomic E-state index is 6.26. The predicted molar refractivity (Wildman–Crippen MR) is 88.9 cm³/mol. The smallest absolute Gasteiger partial charge is 0.156 e. The molecule has 5 heteroatoms. The molecule has 0 saturated carbocycles. The van der Waals surface area contributed by atoms with E-state index in [4.69, 9.17) is 11.6 Å². The van der Waals surface area contributed by atoms with Gasteiger partial charge in [0.15, 0.2) is 5.65 Å². The second kappa shape index (κ2) is 5.73. The third-order valence-corrected chi connectivity index (χ3v) is 4.85. The van der Waals surface area contributed by atoms with Crippen molar-refractivity contribution in [2.45, 2.75) is 10.6 Å². The molecule has 96 valence electrons. The summed E-state index contributed by atoms with van der Waals surface area (Å²) in [5.74, 6) is 0.938. The number of nitrogens with zero attached hydrogens (tertiary/aromatic N) is 2. The summed E-state index contributed by atoms with van der Waals surface area (Å²) in [5.41, 5.74) is 2.12. The van der Waals surface area contributed by atoms with Gasteiger partial charge in [-0.15, -0.1) is 11.8 Å². The molecule has 2 aromatic heterocycles. The Kier molecular flexibility index (Phi) is 4.00. The van der Waals surface area contributed by atoms with E-state index in [-0.39, 0.29) is 0 Å². The van der Waals surface area contributed by atoms with Crippen molar-refractivity contribution >= 4 is 51.6 Å². The number of hydrogen-bond donors (Lipinski definition) is 0. The fraction of sp³-hybridized carbons (Fsp3) is 0.0714. The summed E-state index contributed by atoms with van der Waals surface area (Å²) in [6.07, 6.45) is 3.91. The number of pyridine rings is 1. The zero-order valence-electron chi connectivity index (χ0n) is 9.88. The molecule has 0 unspecified atom stereocenters. The van der Waals surface area contributed by atoms with Gasteiger partial charge in [-0.3, -0.25) is 4.40 Å². The summed E-state index contributed by atoms with van der Waals surface area (Å²) in [5, 5.41) is 0.695. The molecule has 0 bridgehead atoms. The quantitative estimate of drug-likeness (QED) is 0.460. The highest BCUT2D eigenvalue weighted by molar-refractivity contribution is 14.1. The Morgan fingerprint density at radius 3 is 2.84 bits per heavy atom. The average Bonchev–Trinajstić information content (AvgIpc) is 2.80. The molecule has 0 aliphatic carbocycles. The van der Waals surface area contributed by atoms with E-state index in [1.165, 1.54) is 5.56 Å². The number of halogens is 2. The van der Waals surface area contributed by atoms with Crippen molar-refractivity contribution in [3.05, 3.63) is 63.1 Å². The maximum atomic E-state index is 6.26. The fourth-order valence-corrected chi connectivity index (χ4v) is 3.55. The highest BCUT2D eigenvalue weighted by atomic mass is 127. The van der Waals surface area contributed by atoms with E-state index in [0.717, 1.165) is 20.0 Å². The Hall–Kier alpha value is -0.720. The molecule has 0 aliphatic rings. The number of imidazole rings is 1. The predicted octanol–water partition coefficient (Wildman–Crippen LogP) is 4.88. The molecule has 1 aromatic carbocycles. The Labute approximate surface area is 134 Å². The lowest BCUT2D eigenvalue weighted by Gasteiger charge is -2.05. The molecule has 0 radical (unpaired) electrons. The van der Waals surface area contributed by atoms with Crippen LogP contribution in [0.1, 0.15) is 5.56 Å². The second-order valence-corrected chi connectivity index (χ2v) is 6.63. The SMILES string of the molecule is Clc1cc(SCc2ccccc2)cn2c(I)cnc12. The van der Waals surface area contributed by atoms with Crippen LogP contribution in [0.25, 0.3) is 5.65 Å². The van der Waals surface area contributed by atoms with E-state index in [9.17, 15) is 0 Å². The molecular weight excluding hydrogens is 391 g/mol. The van der Waals surface area contributed by atoms with Crippen molar-refractivity contribution in [3.8, 4) is 0 Å². The standard InChI is InChI=1S/C14H10ClIN2S/c15-12-6-11(8-18-13(16)7-17-14(12)18)19-9-10-4-2-1-3-5-10/h1-8H,9H2. The zero-order chi connectivity index (χ0) is 13.2. The van der Waals surface area contributed by atoms with Crippen molar-refractivity contribution in [3.63, 3.8) is 0 Å². The van der Waals surface area contributed by atoms with Gasteiger partial charge in [0.05, 0.1) is 11.2 Å². The van der Waals surface area contributed by atoms with E-state index >= 15 is 0 Å². The van der Waals surface area contributed by atoms with Crippen LogP contribution in [0.2, 0.25) is 5.02 Å². The highest BCUT2D eigenvalue weighted by Gasteiger charge is 2.07. The molecule has 0 atom stereocenters. The van der Waals surface area contributed by atoms with Crippen LogP contribution < -0.4 is 0 Å². The van der Waals surface area contributed by atoms with Gasteiger partial charge < -0.3 is 0 Å². The van der Waals surface area contributed by atoms with Crippen molar-refractivity contribution in [1.29, 1.82) is 0 Å². The Morgan fingerprint density at radius 2 is 2.05 bits per heavy atom. The minimum atomic E-state index is 0.695. The molecule has 19 heavy (non-hydrogen) atoms. The van der Waals surface area contributed by atoms with Gasteiger partial charge >= 0.3 is 0 Å². The van der Waals surface area contributed by atoms with Gasteiger partial charge in [0.25, 0.3) is 0 Å². The first-order valence-corrected chi connectivity index (χ1v) is 8.17. The van der Waals surface area contributed by atoms with Gasteiger partial charge in [-0.05, 0) is 34.2 Å². The summed E-state index contributed by atoms with van der Waals surface area (Å²) in [6, 6.07) is 12.4. The molecule has 0 amide bonds. The third-order valence-electron chi connectivity index (χ3n) is 2.74. The Balaban J connectivity index is 1.87. The minimum absolute atomic E-state index is 0.695. The van der Waals surface area contributed by atoms with Crippen molar-refractivity contribution in [2.75, 3.05) is 0 Å². The van der Waals surface area contributed by atoms with Gasteiger partial charge in [-0.1, -0.05) is 41.9 Å². The molecule has 3 aromatic rings. The van der Waals surface area contributed by atoms with Gasteiger partial charge in [-0.2, -0.15) is 0 Å². The topological polar surface area (TPSA) is 17.3 Å². The number of rotatable bonds is 3. The monoisotopic (exact) mass is 400 g/mol. The molecule has 2 heterocycles.